The number of carbonyl (C=O) groups excluding carboxylic acids is 3. The van der Waals surface area contributed by atoms with Crippen LogP contribution in [-0.4, -0.2) is 98.0 Å². The zero-order valence-corrected chi connectivity index (χ0v) is 44.3. The summed E-state index contributed by atoms with van der Waals surface area (Å²) in [6, 6.07) is 0.585. The standard InChI is InChI=1S/C57H110N2O7/c1-5-9-13-17-21-26-36-52(35-25-16-12-8-4)49-64-55(61)42-31-24-33-43-58(47-48-60)45-46-59(54-38-27-22-18-23-28-39-54)44-34-32-37-53(50-65-56(62)40-29-19-14-10-6-2)51-66-57(63)41-30-20-15-11-7-3/h52-54,60H,5-51H2,1-4H3. The fourth-order valence-corrected chi connectivity index (χ4v) is 9.75. The van der Waals surface area contributed by atoms with E-state index >= 15 is 0 Å². The van der Waals surface area contributed by atoms with Gasteiger partial charge >= 0.3 is 17.9 Å². The van der Waals surface area contributed by atoms with Crippen molar-refractivity contribution < 1.29 is 33.7 Å². The molecular weight excluding hydrogens is 825 g/mol. The van der Waals surface area contributed by atoms with Gasteiger partial charge in [-0.3, -0.25) is 24.2 Å². The number of hydrogen-bond donors (Lipinski definition) is 1. The third-order valence-electron chi connectivity index (χ3n) is 14.2. The van der Waals surface area contributed by atoms with Crippen LogP contribution in [0.2, 0.25) is 0 Å². The van der Waals surface area contributed by atoms with Crippen molar-refractivity contribution in [1.29, 1.82) is 0 Å². The highest BCUT2D eigenvalue weighted by molar-refractivity contribution is 5.70. The molecule has 0 saturated heterocycles. The first-order valence-corrected chi connectivity index (χ1v) is 28.9. The van der Waals surface area contributed by atoms with E-state index in [-0.39, 0.29) is 30.4 Å². The maximum absolute atomic E-state index is 12.8. The van der Waals surface area contributed by atoms with Crippen LogP contribution in [0, 0.1) is 11.8 Å². The summed E-state index contributed by atoms with van der Waals surface area (Å²) in [5, 5.41) is 10.0. The molecule has 0 spiro atoms. The Morgan fingerprint density at radius 1 is 0.424 bits per heavy atom. The summed E-state index contributed by atoms with van der Waals surface area (Å²) in [6.07, 6.45) is 42.5. The Balaban J connectivity index is 2.69. The van der Waals surface area contributed by atoms with Gasteiger partial charge in [-0.2, -0.15) is 0 Å². The van der Waals surface area contributed by atoms with Gasteiger partial charge in [0.2, 0.25) is 0 Å². The summed E-state index contributed by atoms with van der Waals surface area (Å²) in [6.45, 7) is 14.9. The molecule has 1 fully saturated rings. The first-order valence-electron chi connectivity index (χ1n) is 28.9. The lowest BCUT2D eigenvalue weighted by Gasteiger charge is -2.35. The van der Waals surface area contributed by atoms with Gasteiger partial charge in [0.05, 0.1) is 26.4 Å². The third kappa shape index (κ3) is 38.2. The van der Waals surface area contributed by atoms with Crippen LogP contribution in [0.25, 0.3) is 0 Å². The molecule has 1 aliphatic rings. The number of ether oxygens (including phenoxy) is 3. The average molecular weight is 936 g/mol. The van der Waals surface area contributed by atoms with E-state index in [1.807, 2.05) is 0 Å². The van der Waals surface area contributed by atoms with E-state index in [0.717, 1.165) is 103 Å². The Kier molecular flexibility index (Phi) is 44.4. The molecule has 1 aliphatic carbocycles. The molecule has 0 amide bonds. The van der Waals surface area contributed by atoms with Gasteiger partial charge in [0.15, 0.2) is 0 Å². The molecule has 1 saturated carbocycles. The molecule has 9 heteroatoms. The predicted octanol–water partition coefficient (Wildman–Crippen LogP) is 14.7. The topological polar surface area (TPSA) is 106 Å². The van der Waals surface area contributed by atoms with Crippen molar-refractivity contribution >= 4 is 17.9 Å². The van der Waals surface area contributed by atoms with Crippen LogP contribution in [-0.2, 0) is 28.6 Å². The molecule has 0 aromatic carbocycles. The number of carbonyl (C=O) groups is 3. The number of unbranched alkanes of at least 4 members (excludes halogenated alkanes) is 19. The molecule has 0 bridgehead atoms. The Morgan fingerprint density at radius 3 is 1.30 bits per heavy atom. The van der Waals surface area contributed by atoms with Crippen molar-refractivity contribution in [2.75, 3.05) is 59.2 Å². The van der Waals surface area contributed by atoms with Crippen molar-refractivity contribution in [2.24, 2.45) is 11.8 Å². The fraction of sp³-hybridized carbons (Fsp3) is 0.947. The largest absolute Gasteiger partial charge is 0.465 e. The van der Waals surface area contributed by atoms with Gasteiger partial charge in [-0.1, -0.05) is 188 Å². The van der Waals surface area contributed by atoms with E-state index in [1.54, 1.807) is 0 Å². The number of aliphatic hydroxyl groups excluding tert-OH is 1. The summed E-state index contributed by atoms with van der Waals surface area (Å²) >= 11 is 0. The Labute approximate surface area is 408 Å². The monoisotopic (exact) mass is 935 g/mol. The number of rotatable bonds is 47. The second kappa shape index (κ2) is 47.0. The first-order chi connectivity index (χ1) is 32.4. The van der Waals surface area contributed by atoms with Crippen LogP contribution in [0.5, 0.6) is 0 Å². The van der Waals surface area contributed by atoms with Gasteiger partial charge < -0.3 is 19.3 Å². The average Bonchev–Trinajstić information content (AvgIpc) is 3.30. The maximum atomic E-state index is 12.8. The van der Waals surface area contributed by atoms with Gasteiger partial charge in [-0.15, -0.1) is 0 Å². The molecule has 1 atom stereocenters. The molecular formula is C57H110N2O7. The lowest BCUT2D eigenvalue weighted by Crippen LogP contribution is -2.43. The van der Waals surface area contributed by atoms with E-state index in [2.05, 4.69) is 37.5 Å². The first kappa shape index (κ1) is 62.3. The summed E-state index contributed by atoms with van der Waals surface area (Å²) in [7, 11) is 0. The second-order valence-electron chi connectivity index (χ2n) is 20.4. The van der Waals surface area contributed by atoms with Gasteiger partial charge in [0.1, 0.15) is 0 Å². The van der Waals surface area contributed by atoms with Crippen molar-refractivity contribution in [3.8, 4) is 0 Å². The molecule has 0 aromatic rings. The molecule has 66 heavy (non-hydrogen) atoms. The molecule has 1 rings (SSSR count). The number of nitrogens with zero attached hydrogens (tertiary/aromatic N) is 2. The van der Waals surface area contributed by atoms with Crippen LogP contribution in [0.4, 0.5) is 0 Å². The van der Waals surface area contributed by atoms with E-state index in [0.29, 0.717) is 57.6 Å². The Hall–Kier alpha value is -1.71. The van der Waals surface area contributed by atoms with Gasteiger partial charge in [-0.25, -0.2) is 0 Å². The highest BCUT2D eigenvalue weighted by Crippen LogP contribution is 2.24. The predicted molar refractivity (Wildman–Crippen MR) is 277 cm³/mol. The molecule has 1 unspecified atom stereocenters. The molecule has 1 N–H and O–H groups in total. The minimum absolute atomic E-state index is 0.0157. The maximum Gasteiger partial charge on any atom is 0.305 e. The van der Waals surface area contributed by atoms with E-state index in [1.165, 1.54) is 148 Å². The minimum atomic E-state index is -0.130. The van der Waals surface area contributed by atoms with Crippen molar-refractivity contribution in [1.82, 2.24) is 9.80 Å². The lowest BCUT2D eigenvalue weighted by atomic mass is 9.95. The van der Waals surface area contributed by atoms with Crippen molar-refractivity contribution in [2.45, 2.75) is 278 Å². The molecule has 0 heterocycles. The zero-order chi connectivity index (χ0) is 48.0. The second-order valence-corrected chi connectivity index (χ2v) is 20.4. The molecule has 390 valence electrons. The molecule has 9 nitrogen and oxygen atoms in total. The number of aliphatic hydroxyl groups is 1. The van der Waals surface area contributed by atoms with Crippen LogP contribution in [0.1, 0.15) is 272 Å². The third-order valence-corrected chi connectivity index (χ3v) is 14.2. The van der Waals surface area contributed by atoms with Crippen molar-refractivity contribution in [3.05, 3.63) is 0 Å². The SMILES string of the molecule is CCCCCCCCC(CCCCCC)COC(=O)CCCCCN(CCO)CCN(CCCCC(COC(=O)CCCCCCC)COC(=O)CCCCCCC)C1CCCCCCC1. The molecule has 0 aromatic heterocycles. The molecule has 0 aliphatic heterocycles. The lowest BCUT2D eigenvalue weighted by molar-refractivity contribution is -0.149. The summed E-state index contributed by atoms with van der Waals surface area (Å²) in [4.78, 5) is 43.3. The fourth-order valence-electron chi connectivity index (χ4n) is 9.75. The van der Waals surface area contributed by atoms with E-state index < -0.39 is 0 Å². The highest BCUT2D eigenvalue weighted by Gasteiger charge is 2.22. The van der Waals surface area contributed by atoms with E-state index in [4.69, 9.17) is 14.2 Å². The summed E-state index contributed by atoms with van der Waals surface area (Å²) in [5.41, 5.74) is 0. The Bertz CT molecular complexity index is 1050. The van der Waals surface area contributed by atoms with Gasteiger partial charge in [-0.05, 0) is 83.2 Å². The normalized spacial score (nSPS) is 14.2. The summed E-state index contributed by atoms with van der Waals surface area (Å²) in [5.74, 6) is 0.222. The number of esters is 3. The zero-order valence-electron chi connectivity index (χ0n) is 44.3. The van der Waals surface area contributed by atoms with Crippen LogP contribution in [0.3, 0.4) is 0 Å². The van der Waals surface area contributed by atoms with E-state index in [9.17, 15) is 19.5 Å². The molecule has 0 radical (unpaired) electrons. The van der Waals surface area contributed by atoms with Crippen LogP contribution >= 0.6 is 0 Å². The smallest absolute Gasteiger partial charge is 0.305 e. The number of hydrogen-bond acceptors (Lipinski definition) is 9. The van der Waals surface area contributed by atoms with Gasteiger partial charge in [0.25, 0.3) is 0 Å². The van der Waals surface area contributed by atoms with Crippen molar-refractivity contribution in [3.63, 3.8) is 0 Å². The van der Waals surface area contributed by atoms with Crippen LogP contribution < -0.4 is 0 Å². The van der Waals surface area contributed by atoms with Crippen LogP contribution in [0.15, 0.2) is 0 Å². The van der Waals surface area contributed by atoms with Gasteiger partial charge in [0, 0.05) is 50.9 Å². The summed E-state index contributed by atoms with van der Waals surface area (Å²) < 4.78 is 17.4. The minimum Gasteiger partial charge on any atom is -0.465 e. The quantitative estimate of drug-likeness (QED) is 0.0363. The Morgan fingerprint density at radius 2 is 0.803 bits per heavy atom. The highest BCUT2D eigenvalue weighted by atomic mass is 16.5.